The first-order valence-corrected chi connectivity index (χ1v) is 8.08. The van der Waals surface area contributed by atoms with Crippen LogP contribution in [-0.2, 0) is 9.59 Å². The fraction of sp³-hybridized carbons (Fsp3) is 0.278. The van der Waals surface area contributed by atoms with Gasteiger partial charge in [-0.2, -0.15) is 0 Å². The highest BCUT2D eigenvalue weighted by Gasteiger charge is 2.34. The third-order valence-corrected chi connectivity index (χ3v) is 4.06. The Morgan fingerprint density at radius 3 is 2.60 bits per heavy atom. The van der Waals surface area contributed by atoms with Gasteiger partial charge in [0.2, 0.25) is 11.8 Å². The van der Waals surface area contributed by atoms with E-state index >= 15 is 0 Å². The molecular weight excluding hydrogens is 322 g/mol. The van der Waals surface area contributed by atoms with Gasteiger partial charge in [0.1, 0.15) is 6.26 Å². The van der Waals surface area contributed by atoms with E-state index in [0.29, 0.717) is 25.2 Å². The van der Waals surface area contributed by atoms with Crippen LogP contribution in [0.2, 0.25) is 0 Å². The monoisotopic (exact) mass is 341 g/mol. The van der Waals surface area contributed by atoms with Crippen LogP contribution >= 0.6 is 0 Å². The Bertz CT molecular complexity index is 743. The highest BCUT2D eigenvalue weighted by atomic mass is 16.3. The lowest BCUT2D eigenvalue weighted by Gasteiger charge is -2.16. The van der Waals surface area contributed by atoms with E-state index in [1.54, 1.807) is 11.0 Å². The van der Waals surface area contributed by atoms with E-state index in [1.807, 2.05) is 30.3 Å². The normalized spacial score (nSPS) is 16.7. The smallest absolute Gasteiger partial charge is 0.254 e. The van der Waals surface area contributed by atoms with Gasteiger partial charge in [-0.3, -0.25) is 14.4 Å². The second-order valence-electron chi connectivity index (χ2n) is 5.80. The quantitative estimate of drug-likeness (QED) is 0.772. The molecule has 7 nitrogen and oxygen atoms in total. The molecule has 1 aliphatic heterocycles. The number of amides is 3. The minimum absolute atomic E-state index is 0.0559. The van der Waals surface area contributed by atoms with Gasteiger partial charge in [0.25, 0.3) is 5.91 Å². The van der Waals surface area contributed by atoms with Crippen LogP contribution in [0.5, 0.6) is 0 Å². The SMILES string of the molecule is O=C(NCCNC(=O)[C@H]1CC(=O)N(c2ccccc2)C1)c1ccoc1. The van der Waals surface area contributed by atoms with Crippen molar-refractivity contribution in [2.45, 2.75) is 6.42 Å². The zero-order chi connectivity index (χ0) is 17.6. The fourth-order valence-corrected chi connectivity index (χ4v) is 2.74. The van der Waals surface area contributed by atoms with Crippen LogP contribution in [0, 0.1) is 5.92 Å². The summed E-state index contributed by atoms with van der Waals surface area (Å²) in [6, 6.07) is 10.9. The lowest BCUT2D eigenvalue weighted by atomic mass is 10.1. The lowest BCUT2D eigenvalue weighted by Crippen LogP contribution is -2.38. The van der Waals surface area contributed by atoms with Crippen LogP contribution in [0.15, 0.2) is 53.3 Å². The Labute approximate surface area is 145 Å². The first-order chi connectivity index (χ1) is 12.1. The Morgan fingerprint density at radius 2 is 1.88 bits per heavy atom. The van der Waals surface area contributed by atoms with Gasteiger partial charge in [-0.05, 0) is 18.2 Å². The Balaban J connectivity index is 1.43. The van der Waals surface area contributed by atoms with Gasteiger partial charge in [0, 0.05) is 31.7 Å². The minimum atomic E-state index is -0.378. The number of carbonyl (C=O) groups excluding carboxylic acids is 3. The summed E-state index contributed by atoms with van der Waals surface area (Å²) in [5.41, 5.74) is 1.24. The van der Waals surface area contributed by atoms with Gasteiger partial charge >= 0.3 is 0 Å². The number of hydrogen-bond acceptors (Lipinski definition) is 4. The van der Waals surface area contributed by atoms with Crippen molar-refractivity contribution in [2.75, 3.05) is 24.5 Å². The number of nitrogens with one attached hydrogen (secondary N) is 2. The molecule has 3 rings (SSSR count). The van der Waals surface area contributed by atoms with E-state index in [9.17, 15) is 14.4 Å². The first kappa shape index (κ1) is 16.8. The average Bonchev–Trinajstić information content (AvgIpc) is 3.29. The zero-order valence-corrected chi connectivity index (χ0v) is 13.6. The van der Waals surface area contributed by atoms with Crippen LogP contribution < -0.4 is 15.5 Å². The van der Waals surface area contributed by atoms with E-state index in [-0.39, 0.29) is 30.1 Å². The van der Waals surface area contributed by atoms with Crippen molar-refractivity contribution in [3.05, 3.63) is 54.5 Å². The van der Waals surface area contributed by atoms with E-state index in [1.165, 1.54) is 12.5 Å². The van der Waals surface area contributed by atoms with E-state index in [4.69, 9.17) is 4.42 Å². The van der Waals surface area contributed by atoms with Crippen molar-refractivity contribution in [1.29, 1.82) is 0 Å². The Morgan fingerprint density at radius 1 is 1.12 bits per heavy atom. The standard InChI is InChI=1S/C18H19N3O4/c22-16-10-14(11-21(16)15-4-2-1-3-5-15)18(24)20-8-7-19-17(23)13-6-9-25-12-13/h1-6,9,12,14H,7-8,10-11H2,(H,19,23)(H,20,24)/t14-/m0/s1. The molecule has 130 valence electrons. The number of rotatable bonds is 6. The average molecular weight is 341 g/mol. The predicted molar refractivity (Wildman–Crippen MR) is 91.0 cm³/mol. The summed E-state index contributed by atoms with van der Waals surface area (Å²) in [5, 5.41) is 5.45. The summed E-state index contributed by atoms with van der Waals surface area (Å²) >= 11 is 0. The van der Waals surface area contributed by atoms with E-state index in [2.05, 4.69) is 10.6 Å². The van der Waals surface area contributed by atoms with Crippen LogP contribution in [0.1, 0.15) is 16.8 Å². The first-order valence-electron chi connectivity index (χ1n) is 8.08. The molecule has 0 radical (unpaired) electrons. The highest BCUT2D eigenvalue weighted by molar-refractivity contribution is 6.00. The molecule has 7 heteroatoms. The number of nitrogens with zero attached hydrogens (tertiary/aromatic N) is 1. The zero-order valence-electron chi connectivity index (χ0n) is 13.6. The third kappa shape index (κ3) is 4.06. The molecule has 0 unspecified atom stereocenters. The summed E-state index contributed by atoms with van der Waals surface area (Å²) in [4.78, 5) is 37.7. The van der Waals surface area contributed by atoms with Gasteiger partial charge < -0.3 is 20.0 Å². The molecule has 2 aromatic rings. The molecule has 1 aliphatic rings. The van der Waals surface area contributed by atoms with Gasteiger partial charge in [-0.1, -0.05) is 18.2 Å². The van der Waals surface area contributed by atoms with Crippen LogP contribution in [-0.4, -0.2) is 37.4 Å². The molecule has 1 atom stereocenters. The molecule has 3 amide bonds. The Kier molecular flexibility index (Phi) is 5.13. The summed E-state index contributed by atoms with van der Waals surface area (Å²) in [6.45, 7) is 0.979. The predicted octanol–water partition coefficient (Wildman–Crippen LogP) is 1.18. The molecule has 2 N–H and O–H groups in total. The van der Waals surface area contributed by atoms with Gasteiger partial charge in [0.05, 0.1) is 17.7 Å². The van der Waals surface area contributed by atoms with Crippen molar-refractivity contribution >= 4 is 23.4 Å². The maximum Gasteiger partial charge on any atom is 0.254 e. The van der Waals surface area contributed by atoms with E-state index < -0.39 is 0 Å². The molecular formula is C18H19N3O4. The topological polar surface area (TPSA) is 91.7 Å². The van der Waals surface area contributed by atoms with Gasteiger partial charge in [0.15, 0.2) is 0 Å². The lowest BCUT2D eigenvalue weighted by molar-refractivity contribution is -0.126. The summed E-state index contributed by atoms with van der Waals surface area (Å²) in [5.74, 6) is -0.865. The van der Waals surface area contributed by atoms with Crippen LogP contribution in [0.3, 0.4) is 0 Å². The second-order valence-corrected chi connectivity index (χ2v) is 5.80. The number of benzene rings is 1. The number of furan rings is 1. The van der Waals surface area contributed by atoms with Crippen molar-refractivity contribution in [3.63, 3.8) is 0 Å². The third-order valence-electron chi connectivity index (χ3n) is 4.06. The highest BCUT2D eigenvalue weighted by Crippen LogP contribution is 2.24. The summed E-state index contributed by atoms with van der Waals surface area (Å²) in [6.07, 6.45) is 2.98. The van der Waals surface area contributed by atoms with Crippen LogP contribution in [0.4, 0.5) is 5.69 Å². The van der Waals surface area contributed by atoms with Crippen molar-refractivity contribution in [1.82, 2.24) is 10.6 Å². The van der Waals surface area contributed by atoms with Gasteiger partial charge in [-0.15, -0.1) is 0 Å². The van der Waals surface area contributed by atoms with Crippen molar-refractivity contribution in [2.24, 2.45) is 5.92 Å². The molecule has 1 saturated heterocycles. The van der Waals surface area contributed by atoms with Crippen molar-refractivity contribution < 1.29 is 18.8 Å². The number of carbonyl (C=O) groups is 3. The fourth-order valence-electron chi connectivity index (χ4n) is 2.74. The Hall–Kier alpha value is -3.09. The number of anilines is 1. The molecule has 1 aromatic heterocycles. The molecule has 1 aromatic carbocycles. The molecule has 1 fully saturated rings. The minimum Gasteiger partial charge on any atom is -0.472 e. The summed E-state index contributed by atoms with van der Waals surface area (Å²) < 4.78 is 4.84. The van der Waals surface area contributed by atoms with Crippen LogP contribution in [0.25, 0.3) is 0 Å². The summed E-state index contributed by atoms with van der Waals surface area (Å²) in [7, 11) is 0. The molecule has 0 aliphatic carbocycles. The molecule has 0 saturated carbocycles. The maximum absolute atomic E-state index is 12.2. The second kappa shape index (κ2) is 7.65. The van der Waals surface area contributed by atoms with Gasteiger partial charge in [-0.25, -0.2) is 0 Å². The molecule has 0 bridgehead atoms. The molecule has 2 heterocycles. The van der Waals surface area contributed by atoms with Crippen molar-refractivity contribution in [3.8, 4) is 0 Å². The maximum atomic E-state index is 12.2. The van der Waals surface area contributed by atoms with E-state index in [0.717, 1.165) is 5.69 Å². The largest absolute Gasteiger partial charge is 0.472 e. The number of hydrogen-bond donors (Lipinski definition) is 2. The number of para-hydroxylation sites is 1. The molecule has 0 spiro atoms. The molecule has 25 heavy (non-hydrogen) atoms.